The van der Waals surface area contributed by atoms with Gasteiger partial charge in [0, 0.05) is 12.4 Å². The zero-order valence-corrected chi connectivity index (χ0v) is 12.5. The van der Waals surface area contributed by atoms with Crippen LogP contribution in [-0.4, -0.2) is 11.1 Å². The Morgan fingerprint density at radius 3 is 2.38 bits per heavy atom. The van der Waals surface area contributed by atoms with Crippen LogP contribution in [0.5, 0.6) is 0 Å². The summed E-state index contributed by atoms with van der Waals surface area (Å²) in [4.78, 5) is 10.1. The third kappa shape index (κ3) is 14.0. The molecule has 1 N–H and O–H groups in total. The van der Waals surface area contributed by atoms with Crippen molar-refractivity contribution in [2.45, 2.75) is 58.3 Å². The van der Waals surface area contributed by atoms with E-state index in [2.05, 4.69) is 6.92 Å². The van der Waals surface area contributed by atoms with Gasteiger partial charge in [0.05, 0.1) is 5.76 Å². The minimum Gasteiger partial charge on any atom is -0.550 e. The van der Waals surface area contributed by atoms with E-state index >= 15 is 0 Å². The summed E-state index contributed by atoms with van der Waals surface area (Å²) in [6.45, 7) is 2.17. The monoisotopic (exact) mass is 236 g/mol. The molecule has 0 aliphatic heterocycles. The zero-order chi connectivity index (χ0) is 11.5. The number of carboxylic acids is 1. The van der Waals surface area contributed by atoms with Gasteiger partial charge in [-0.2, -0.15) is 0 Å². The number of unbranched alkanes of at least 4 members (excludes halogenated alkanes) is 5. The molecule has 0 saturated heterocycles. The fraction of sp³-hybridized carbons (Fsp3) is 0.750. The van der Waals surface area contributed by atoms with Crippen molar-refractivity contribution in [2.75, 3.05) is 0 Å². The third-order valence-electron chi connectivity index (χ3n) is 2.27. The molecule has 0 aliphatic rings. The molecule has 16 heavy (non-hydrogen) atoms. The predicted octanol–water partition coefficient (Wildman–Crippen LogP) is -0.677. The van der Waals surface area contributed by atoms with Crippen LogP contribution in [0.3, 0.4) is 0 Å². The number of hydrogen-bond donors (Lipinski definition) is 1. The SMILES string of the molecule is CCCCCCCC=C(O)CCC(=O)[O-].[Na+]. The molecule has 88 valence electrons. The molecule has 4 heteroatoms. The molecule has 3 nitrogen and oxygen atoms in total. The Morgan fingerprint density at radius 1 is 1.19 bits per heavy atom. The second-order valence-electron chi connectivity index (χ2n) is 3.77. The third-order valence-corrected chi connectivity index (χ3v) is 2.27. The van der Waals surface area contributed by atoms with Crippen LogP contribution < -0.4 is 34.7 Å². The summed E-state index contributed by atoms with van der Waals surface area (Å²) in [5.74, 6) is -0.937. The summed E-state index contributed by atoms with van der Waals surface area (Å²) in [6.07, 6.45) is 8.62. The molecular formula is C12H21NaO3. The standard InChI is InChI=1S/C12H22O3.Na/c1-2-3-4-5-6-7-8-11(13)9-10-12(14)15;/h8,13H,2-7,9-10H2,1H3,(H,14,15);/q;+1/p-1. The molecule has 0 aromatic heterocycles. The van der Waals surface area contributed by atoms with Crippen molar-refractivity contribution < 1.29 is 44.6 Å². The molecule has 0 atom stereocenters. The van der Waals surface area contributed by atoms with E-state index in [0.29, 0.717) is 0 Å². The van der Waals surface area contributed by atoms with Crippen LogP contribution in [0.15, 0.2) is 11.8 Å². The Morgan fingerprint density at radius 2 is 1.81 bits per heavy atom. The van der Waals surface area contributed by atoms with Crippen LogP contribution >= 0.6 is 0 Å². The fourth-order valence-corrected chi connectivity index (χ4v) is 1.35. The van der Waals surface area contributed by atoms with Crippen molar-refractivity contribution in [3.63, 3.8) is 0 Å². The number of carbonyl (C=O) groups excluding carboxylic acids is 1. The second-order valence-corrected chi connectivity index (χ2v) is 3.77. The van der Waals surface area contributed by atoms with Crippen LogP contribution in [0, 0.1) is 0 Å². The van der Waals surface area contributed by atoms with E-state index in [1.165, 1.54) is 25.7 Å². The Balaban J connectivity index is 0. The maximum Gasteiger partial charge on any atom is 1.00 e. The summed E-state index contributed by atoms with van der Waals surface area (Å²) >= 11 is 0. The quantitative estimate of drug-likeness (QED) is 0.328. The topological polar surface area (TPSA) is 60.4 Å². The van der Waals surface area contributed by atoms with E-state index in [1.54, 1.807) is 6.08 Å². The molecule has 0 heterocycles. The largest absolute Gasteiger partial charge is 1.00 e. The van der Waals surface area contributed by atoms with Gasteiger partial charge in [-0.1, -0.05) is 32.6 Å². The van der Waals surface area contributed by atoms with Crippen LogP contribution in [0.2, 0.25) is 0 Å². The van der Waals surface area contributed by atoms with E-state index in [4.69, 9.17) is 0 Å². The van der Waals surface area contributed by atoms with Crippen molar-refractivity contribution in [3.8, 4) is 0 Å². The predicted molar refractivity (Wildman–Crippen MR) is 58.3 cm³/mol. The van der Waals surface area contributed by atoms with Crippen LogP contribution in [0.25, 0.3) is 0 Å². The van der Waals surface area contributed by atoms with E-state index < -0.39 is 5.97 Å². The molecule has 0 saturated carbocycles. The zero-order valence-electron chi connectivity index (χ0n) is 10.5. The molecule has 0 bridgehead atoms. The summed E-state index contributed by atoms with van der Waals surface area (Å²) in [5.41, 5.74) is 0. The first-order valence-corrected chi connectivity index (χ1v) is 5.74. The Hall–Kier alpha value is 0.0100. The average Bonchev–Trinajstić information content (AvgIpc) is 2.20. The van der Waals surface area contributed by atoms with Gasteiger partial charge in [0.1, 0.15) is 0 Å². The minimum absolute atomic E-state index is 0. The molecule has 0 aliphatic carbocycles. The van der Waals surface area contributed by atoms with E-state index in [-0.39, 0.29) is 48.2 Å². The molecule has 0 aromatic rings. The second kappa shape index (κ2) is 13.1. The van der Waals surface area contributed by atoms with Gasteiger partial charge in [-0.05, 0) is 25.3 Å². The van der Waals surface area contributed by atoms with Crippen molar-refractivity contribution in [3.05, 3.63) is 11.8 Å². The van der Waals surface area contributed by atoms with Gasteiger partial charge in [0.2, 0.25) is 0 Å². The maximum atomic E-state index is 10.1. The van der Waals surface area contributed by atoms with Gasteiger partial charge < -0.3 is 15.0 Å². The molecule has 0 aromatic carbocycles. The van der Waals surface area contributed by atoms with Gasteiger partial charge in [0.25, 0.3) is 0 Å². The summed E-state index contributed by atoms with van der Waals surface area (Å²) < 4.78 is 0. The number of carbonyl (C=O) groups is 1. The normalized spacial score (nSPS) is 10.9. The summed E-state index contributed by atoms with van der Waals surface area (Å²) in [5, 5.41) is 19.4. The molecule has 0 spiro atoms. The first kappa shape index (κ1) is 18.4. The Bertz CT molecular complexity index is 202. The number of aliphatic carboxylic acids is 1. The van der Waals surface area contributed by atoms with Gasteiger partial charge in [-0.25, -0.2) is 0 Å². The molecule has 0 rings (SSSR count). The van der Waals surface area contributed by atoms with Gasteiger partial charge >= 0.3 is 29.6 Å². The number of allylic oxidation sites excluding steroid dienone is 2. The van der Waals surface area contributed by atoms with Gasteiger partial charge in [-0.3, -0.25) is 0 Å². The summed E-state index contributed by atoms with van der Waals surface area (Å²) in [6, 6.07) is 0. The molecular weight excluding hydrogens is 215 g/mol. The Kier molecular flexibility index (Phi) is 15.0. The van der Waals surface area contributed by atoms with E-state index in [1.807, 2.05) is 0 Å². The summed E-state index contributed by atoms with van der Waals surface area (Å²) in [7, 11) is 0. The van der Waals surface area contributed by atoms with Crippen molar-refractivity contribution >= 4 is 5.97 Å². The minimum atomic E-state index is -1.11. The van der Waals surface area contributed by atoms with Gasteiger partial charge in [-0.15, -0.1) is 0 Å². The molecule has 0 unspecified atom stereocenters. The number of rotatable bonds is 9. The molecule has 0 fully saturated rings. The fourth-order valence-electron chi connectivity index (χ4n) is 1.35. The number of carboxylic acid groups (broad SMARTS) is 1. The smallest absolute Gasteiger partial charge is 0.550 e. The maximum absolute atomic E-state index is 10.1. The van der Waals surface area contributed by atoms with Crippen LogP contribution in [-0.2, 0) is 4.79 Å². The number of hydrogen-bond acceptors (Lipinski definition) is 3. The first-order valence-electron chi connectivity index (χ1n) is 5.74. The van der Waals surface area contributed by atoms with Crippen LogP contribution in [0.1, 0.15) is 58.3 Å². The average molecular weight is 236 g/mol. The molecule has 0 amide bonds. The van der Waals surface area contributed by atoms with E-state index in [0.717, 1.165) is 12.8 Å². The van der Waals surface area contributed by atoms with Gasteiger partial charge in [0.15, 0.2) is 0 Å². The van der Waals surface area contributed by atoms with Crippen molar-refractivity contribution in [1.82, 2.24) is 0 Å². The number of aliphatic hydroxyl groups excluding tert-OH is 1. The van der Waals surface area contributed by atoms with Crippen molar-refractivity contribution in [1.29, 1.82) is 0 Å². The first-order chi connectivity index (χ1) is 7.16. The Labute approximate surface area is 120 Å². The molecule has 0 radical (unpaired) electrons. The number of aliphatic hydroxyl groups is 1. The van der Waals surface area contributed by atoms with Crippen LogP contribution in [0.4, 0.5) is 0 Å². The van der Waals surface area contributed by atoms with Crippen molar-refractivity contribution in [2.24, 2.45) is 0 Å². The van der Waals surface area contributed by atoms with E-state index in [9.17, 15) is 15.0 Å².